The zero-order chi connectivity index (χ0) is 18.7. The Bertz CT molecular complexity index is 806. The molecule has 1 atom stereocenters. The predicted octanol–water partition coefficient (Wildman–Crippen LogP) is 2.35. The number of hydrogen-bond donors (Lipinski definition) is 2. The number of aryl methyl sites for hydroxylation is 1. The van der Waals surface area contributed by atoms with E-state index in [0.717, 1.165) is 35.4 Å². The van der Waals surface area contributed by atoms with Crippen LogP contribution in [-0.2, 0) is 27.9 Å². The molecule has 2 aromatic rings. The van der Waals surface area contributed by atoms with Crippen molar-refractivity contribution in [2.24, 2.45) is 13.0 Å². The number of fused-ring (bicyclic) bond motifs is 1. The van der Waals surface area contributed by atoms with E-state index in [1.54, 1.807) is 0 Å². The van der Waals surface area contributed by atoms with Gasteiger partial charge in [0.1, 0.15) is 11.9 Å². The largest absolute Gasteiger partial charge is 0.368 e. The van der Waals surface area contributed by atoms with Gasteiger partial charge in [-0.2, -0.15) is 0 Å². The first kappa shape index (κ1) is 18.4. The molecule has 1 saturated heterocycles. The summed E-state index contributed by atoms with van der Waals surface area (Å²) in [5.41, 5.74) is 2.47. The Morgan fingerprint density at radius 1 is 1.38 bits per heavy atom. The Labute approximate surface area is 153 Å². The van der Waals surface area contributed by atoms with Crippen LogP contribution in [0.4, 0.5) is 5.69 Å². The average molecular weight is 358 g/mol. The van der Waals surface area contributed by atoms with E-state index >= 15 is 0 Å². The normalized spacial score (nSPS) is 17.0. The molecule has 0 saturated carbocycles. The van der Waals surface area contributed by atoms with Crippen molar-refractivity contribution < 1.29 is 14.3 Å². The number of carbonyl (C=O) groups excluding carboxylic acids is 2. The fourth-order valence-corrected chi connectivity index (χ4v) is 3.13. The SMILES string of the molecule is CC(C)CC(=O)Nc1ccc2c(c1)nc(CNC(=O)[C@@H]1CCCO1)n2C. The number of aromatic nitrogens is 2. The number of ether oxygens (including phenoxy) is 1. The van der Waals surface area contributed by atoms with Gasteiger partial charge in [-0.15, -0.1) is 0 Å². The maximum absolute atomic E-state index is 12.1. The van der Waals surface area contributed by atoms with Gasteiger partial charge in [0.25, 0.3) is 0 Å². The number of anilines is 1. The van der Waals surface area contributed by atoms with Crippen molar-refractivity contribution in [3.63, 3.8) is 0 Å². The van der Waals surface area contributed by atoms with Crippen molar-refractivity contribution in [3.8, 4) is 0 Å². The third kappa shape index (κ3) is 4.22. The third-order valence-corrected chi connectivity index (χ3v) is 4.49. The minimum absolute atomic E-state index is 0.000619. The number of amides is 2. The van der Waals surface area contributed by atoms with Crippen LogP contribution in [0, 0.1) is 5.92 Å². The smallest absolute Gasteiger partial charge is 0.249 e. The lowest BCUT2D eigenvalue weighted by Gasteiger charge is -2.10. The quantitative estimate of drug-likeness (QED) is 0.830. The lowest BCUT2D eigenvalue weighted by Crippen LogP contribution is -2.34. The van der Waals surface area contributed by atoms with Crippen molar-refractivity contribution in [1.82, 2.24) is 14.9 Å². The summed E-state index contributed by atoms with van der Waals surface area (Å²) in [6.07, 6.45) is 1.84. The predicted molar refractivity (Wildman–Crippen MR) is 99.6 cm³/mol. The van der Waals surface area contributed by atoms with Gasteiger partial charge in [-0.25, -0.2) is 4.98 Å². The molecule has 7 heteroatoms. The molecular formula is C19H26N4O3. The Morgan fingerprint density at radius 3 is 2.88 bits per heavy atom. The zero-order valence-corrected chi connectivity index (χ0v) is 15.5. The summed E-state index contributed by atoms with van der Waals surface area (Å²) in [7, 11) is 1.92. The highest BCUT2D eigenvalue weighted by molar-refractivity contribution is 5.93. The molecule has 2 amide bonds. The van der Waals surface area contributed by atoms with Gasteiger partial charge >= 0.3 is 0 Å². The maximum atomic E-state index is 12.1. The Kier molecular flexibility index (Phi) is 5.56. The molecule has 1 aromatic heterocycles. The number of nitrogens with zero attached hydrogens (tertiary/aromatic N) is 2. The highest BCUT2D eigenvalue weighted by Crippen LogP contribution is 2.20. The standard InChI is InChI=1S/C19H26N4O3/c1-12(2)9-18(24)21-13-6-7-15-14(10-13)22-17(23(15)3)11-20-19(25)16-5-4-8-26-16/h6-7,10,12,16H,4-5,8-9,11H2,1-3H3,(H,20,25)(H,21,24)/t16-/m0/s1. The molecule has 2 heterocycles. The molecule has 7 nitrogen and oxygen atoms in total. The number of benzene rings is 1. The first-order valence-electron chi connectivity index (χ1n) is 9.08. The zero-order valence-electron chi connectivity index (χ0n) is 15.5. The van der Waals surface area contributed by atoms with Gasteiger partial charge in [-0.05, 0) is 37.0 Å². The van der Waals surface area contributed by atoms with Gasteiger partial charge in [0, 0.05) is 25.8 Å². The highest BCUT2D eigenvalue weighted by Gasteiger charge is 2.23. The van der Waals surface area contributed by atoms with Gasteiger partial charge in [0.05, 0.1) is 17.6 Å². The summed E-state index contributed by atoms with van der Waals surface area (Å²) in [6, 6.07) is 5.66. The van der Waals surface area contributed by atoms with Crippen LogP contribution < -0.4 is 10.6 Å². The molecule has 0 spiro atoms. The van der Waals surface area contributed by atoms with E-state index in [4.69, 9.17) is 4.74 Å². The van der Waals surface area contributed by atoms with Crippen LogP contribution in [0.5, 0.6) is 0 Å². The van der Waals surface area contributed by atoms with Crippen molar-refractivity contribution in [1.29, 1.82) is 0 Å². The molecule has 1 aromatic carbocycles. The van der Waals surface area contributed by atoms with Crippen LogP contribution >= 0.6 is 0 Å². The summed E-state index contributed by atoms with van der Waals surface area (Å²) >= 11 is 0. The molecule has 3 rings (SSSR count). The lowest BCUT2D eigenvalue weighted by molar-refractivity contribution is -0.130. The summed E-state index contributed by atoms with van der Waals surface area (Å²) in [5, 5.41) is 5.80. The maximum Gasteiger partial charge on any atom is 0.249 e. The molecule has 0 unspecified atom stereocenters. The van der Waals surface area contributed by atoms with Crippen molar-refractivity contribution in [3.05, 3.63) is 24.0 Å². The Morgan fingerprint density at radius 2 is 2.19 bits per heavy atom. The number of imidazole rings is 1. The fraction of sp³-hybridized carbons (Fsp3) is 0.526. The first-order valence-corrected chi connectivity index (χ1v) is 9.08. The first-order chi connectivity index (χ1) is 12.4. The molecule has 1 aliphatic rings. The van der Waals surface area contributed by atoms with E-state index in [-0.39, 0.29) is 17.9 Å². The fourth-order valence-electron chi connectivity index (χ4n) is 3.13. The second-order valence-corrected chi connectivity index (χ2v) is 7.16. The van der Waals surface area contributed by atoms with Gasteiger partial charge in [-0.1, -0.05) is 13.8 Å². The number of hydrogen-bond acceptors (Lipinski definition) is 4. The van der Waals surface area contributed by atoms with E-state index in [1.165, 1.54) is 0 Å². The van der Waals surface area contributed by atoms with Crippen LogP contribution in [0.25, 0.3) is 11.0 Å². The summed E-state index contributed by atoms with van der Waals surface area (Å²) < 4.78 is 7.34. The second-order valence-electron chi connectivity index (χ2n) is 7.16. The van der Waals surface area contributed by atoms with Crippen LogP contribution in [0.3, 0.4) is 0 Å². The van der Waals surface area contributed by atoms with Crippen molar-refractivity contribution in [2.75, 3.05) is 11.9 Å². The van der Waals surface area contributed by atoms with Gasteiger partial charge < -0.3 is 19.9 Å². The minimum atomic E-state index is -0.340. The summed E-state index contributed by atoms with van der Waals surface area (Å²) in [6.45, 7) is 5.02. The van der Waals surface area contributed by atoms with E-state index in [9.17, 15) is 9.59 Å². The summed E-state index contributed by atoms with van der Waals surface area (Å²) in [5.74, 6) is 0.986. The van der Waals surface area contributed by atoms with Gasteiger partial charge in [-0.3, -0.25) is 9.59 Å². The number of nitrogens with one attached hydrogen (secondary N) is 2. The van der Waals surface area contributed by atoms with Gasteiger partial charge in [0.2, 0.25) is 11.8 Å². The van der Waals surface area contributed by atoms with Gasteiger partial charge in [0.15, 0.2) is 0 Å². The Hall–Kier alpha value is -2.41. The molecule has 1 aliphatic heterocycles. The van der Waals surface area contributed by atoms with Crippen molar-refractivity contribution in [2.45, 2.75) is 45.8 Å². The lowest BCUT2D eigenvalue weighted by atomic mass is 10.1. The number of rotatable bonds is 6. The second kappa shape index (κ2) is 7.86. The van der Waals surface area contributed by atoms with Crippen LogP contribution in [0.15, 0.2) is 18.2 Å². The van der Waals surface area contributed by atoms with E-state index < -0.39 is 0 Å². The average Bonchev–Trinajstić information content (AvgIpc) is 3.20. The molecule has 0 radical (unpaired) electrons. The molecule has 140 valence electrons. The van der Waals surface area contributed by atoms with E-state index in [1.807, 2.05) is 43.7 Å². The molecule has 0 bridgehead atoms. The van der Waals surface area contributed by atoms with Crippen LogP contribution in [0.1, 0.15) is 38.9 Å². The molecular weight excluding hydrogens is 332 g/mol. The van der Waals surface area contributed by atoms with E-state index in [0.29, 0.717) is 25.5 Å². The summed E-state index contributed by atoms with van der Waals surface area (Å²) in [4.78, 5) is 28.6. The number of carbonyl (C=O) groups is 2. The minimum Gasteiger partial charge on any atom is -0.368 e. The van der Waals surface area contributed by atoms with Crippen LogP contribution in [0.2, 0.25) is 0 Å². The van der Waals surface area contributed by atoms with Crippen molar-refractivity contribution >= 4 is 28.5 Å². The van der Waals surface area contributed by atoms with E-state index in [2.05, 4.69) is 15.6 Å². The third-order valence-electron chi connectivity index (χ3n) is 4.49. The molecule has 26 heavy (non-hydrogen) atoms. The Balaban J connectivity index is 1.68. The van der Waals surface area contributed by atoms with Crippen LogP contribution in [-0.4, -0.2) is 34.1 Å². The molecule has 2 N–H and O–H groups in total. The monoisotopic (exact) mass is 358 g/mol. The molecule has 1 fully saturated rings. The topological polar surface area (TPSA) is 85.2 Å². The molecule has 0 aliphatic carbocycles. The highest BCUT2D eigenvalue weighted by atomic mass is 16.5.